The van der Waals surface area contributed by atoms with Crippen LogP contribution >= 0.6 is 0 Å². The molecule has 110 valence electrons. The molecule has 0 spiro atoms. The number of anilines is 1. The Bertz CT molecular complexity index is 633. The number of rotatable bonds is 3. The third-order valence-electron chi connectivity index (χ3n) is 4.21. The van der Waals surface area contributed by atoms with Crippen LogP contribution in [0.1, 0.15) is 35.6 Å². The van der Waals surface area contributed by atoms with Crippen LogP contribution < -0.4 is 10.1 Å². The van der Waals surface area contributed by atoms with Gasteiger partial charge in [0.2, 0.25) is 0 Å². The number of nitrogens with one attached hydrogen (secondary N) is 1. The van der Waals surface area contributed by atoms with Crippen molar-refractivity contribution in [2.24, 2.45) is 0 Å². The average Bonchev–Trinajstić information content (AvgIpc) is 2.50. The van der Waals surface area contributed by atoms with E-state index in [1.54, 1.807) is 13.2 Å². The fourth-order valence-corrected chi connectivity index (χ4v) is 3.04. The fraction of sp³-hybridized carbons (Fsp3) is 0.333. The minimum Gasteiger partial charge on any atom is -0.497 e. The van der Waals surface area contributed by atoms with Crippen LogP contribution in [0.2, 0.25) is 0 Å². The summed E-state index contributed by atoms with van der Waals surface area (Å²) in [6, 6.07) is 11.5. The maximum Gasteiger partial charge on any atom is 0.146 e. The topological polar surface area (TPSA) is 21.3 Å². The average molecular weight is 285 g/mol. The molecule has 1 aliphatic carbocycles. The van der Waals surface area contributed by atoms with Gasteiger partial charge in [-0.15, -0.1) is 0 Å². The first-order chi connectivity index (χ1) is 10.2. The van der Waals surface area contributed by atoms with Crippen LogP contribution in [0.4, 0.5) is 10.1 Å². The molecule has 0 radical (unpaired) electrons. The van der Waals surface area contributed by atoms with E-state index >= 15 is 0 Å². The number of halogens is 1. The van der Waals surface area contributed by atoms with Crippen LogP contribution in [0.25, 0.3) is 0 Å². The van der Waals surface area contributed by atoms with Crippen molar-refractivity contribution in [3.63, 3.8) is 0 Å². The van der Waals surface area contributed by atoms with Gasteiger partial charge in [-0.05, 0) is 61.1 Å². The van der Waals surface area contributed by atoms with Gasteiger partial charge in [-0.25, -0.2) is 4.39 Å². The molecule has 0 saturated carbocycles. The summed E-state index contributed by atoms with van der Waals surface area (Å²) in [5.74, 6) is 0.665. The van der Waals surface area contributed by atoms with Crippen LogP contribution in [-0.4, -0.2) is 7.11 Å². The van der Waals surface area contributed by atoms with Gasteiger partial charge in [0.15, 0.2) is 0 Å². The van der Waals surface area contributed by atoms with Crippen molar-refractivity contribution in [2.75, 3.05) is 12.4 Å². The molecule has 1 aliphatic rings. The Hall–Kier alpha value is -2.03. The zero-order valence-corrected chi connectivity index (χ0v) is 12.4. The summed E-state index contributed by atoms with van der Waals surface area (Å²) >= 11 is 0. The molecule has 1 unspecified atom stereocenters. The molecule has 0 saturated heterocycles. The Labute approximate surface area is 125 Å². The summed E-state index contributed by atoms with van der Waals surface area (Å²) in [5, 5.41) is 3.39. The number of methoxy groups -OCH3 is 1. The van der Waals surface area contributed by atoms with E-state index < -0.39 is 0 Å². The summed E-state index contributed by atoms with van der Waals surface area (Å²) < 4.78 is 19.4. The quantitative estimate of drug-likeness (QED) is 0.887. The first kappa shape index (κ1) is 13.9. The third kappa shape index (κ3) is 2.73. The lowest BCUT2D eigenvalue weighted by Gasteiger charge is -2.28. The number of aryl methyl sites for hydroxylation is 2. The van der Waals surface area contributed by atoms with Gasteiger partial charge in [0.1, 0.15) is 11.6 Å². The van der Waals surface area contributed by atoms with Gasteiger partial charge in [-0.2, -0.15) is 0 Å². The number of fused-ring (bicyclic) bond motifs is 1. The summed E-state index contributed by atoms with van der Waals surface area (Å²) in [6.45, 7) is 1.93. The second kappa shape index (κ2) is 5.76. The molecule has 0 aromatic heterocycles. The predicted molar refractivity (Wildman–Crippen MR) is 83.4 cm³/mol. The van der Waals surface area contributed by atoms with Crippen molar-refractivity contribution in [1.82, 2.24) is 0 Å². The highest BCUT2D eigenvalue weighted by molar-refractivity contribution is 5.54. The Balaban J connectivity index is 1.95. The van der Waals surface area contributed by atoms with Crippen molar-refractivity contribution in [1.29, 1.82) is 0 Å². The maximum absolute atomic E-state index is 14.0. The van der Waals surface area contributed by atoms with E-state index in [0.717, 1.165) is 30.6 Å². The summed E-state index contributed by atoms with van der Waals surface area (Å²) in [6.07, 6.45) is 3.20. The Kier molecular flexibility index (Phi) is 3.82. The van der Waals surface area contributed by atoms with E-state index in [0.29, 0.717) is 5.69 Å². The van der Waals surface area contributed by atoms with Crippen LogP contribution in [0.3, 0.4) is 0 Å². The molecule has 1 N–H and O–H groups in total. The molecule has 3 rings (SSSR count). The lowest BCUT2D eigenvalue weighted by molar-refractivity contribution is 0.413. The predicted octanol–water partition coefficient (Wildman–Crippen LogP) is 4.63. The lowest BCUT2D eigenvalue weighted by Crippen LogP contribution is -2.18. The van der Waals surface area contributed by atoms with E-state index in [2.05, 4.69) is 17.4 Å². The van der Waals surface area contributed by atoms with Crippen molar-refractivity contribution in [3.8, 4) is 5.75 Å². The Morgan fingerprint density at radius 1 is 1.24 bits per heavy atom. The normalized spacial score (nSPS) is 17.2. The standard InChI is InChI=1S/C18H20FNO/c1-12-5-3-7-16(19)18(12)20-17-8-4-6-13-9-10-14(21-2)11-15(13)17/h3,5,7,9-11,17,20H,4,6,8H2,1-2H3. The summed E-state index contributed by atoms with van der Waals surface area (Å²) in [4.78, 5) is 0. The Morgan fingerprint density at radius 2 is 2.10 bits per heavy atom. The molecular weight excluding hydrogens is 265 g/mol. The zero-order chi connectivity index (χ0) is 14.8. The van der Waals surface area contributed by atoms with Crippen molar-refractivity contribution in [2.45, 2.75) is 32.2 Å². The SMILES string of the molecule is COc1ccc2c(c1)C(Nc1c(C)cccc1F)CCC2. The molecular formula is C18H20FNO. The molecule has 3 heteroatoms. The van der Waals surface area contributed by atoms with E-state index in [9.17, 15) is 4.39 Å². The summed E-state index contributed by atoms with van der Waals surface area (Å²) in [7, 11) is 1.67. The van der Waals surface area contributed by atoms with Crippen molar-refractivity contribution >= 4 is 5.69 Å². The van der Waals surface area contributed by atoms with Gasteiger partial charge >= 0.3 is 0 Å². The molecule has 2 nitrogen and oxygen atoms in total. The highest BCUT2D eigenvalue weighted by atomic mass is 19.1. The first-order valence-electron chi connectivity index (χ1n) is 7.37. The summed E-state index contributed by atoms with van der Waals surface area (Å²) in [5.41, 5.74) is 4.10. The third-order valence-corrected chi connectivity index (χ3v) is 4.21. The van der Waals surface area contributed by atoms with Gasteiger partial charge in [-0.3, -0.25) is 0 Å². The largest absolute Gasteiger partial charge is 0.497 e. The second-order valence-electron chi connectivity index (χ2n) is 5.59. The molecule has 0 amide bonds. The Morgan fingerprint density at radius 3 is 2.86 bits per heavy atom. The van der Waals surface area contributed by atoms with Gasteiger partial charge in [-0.1, -0.05) is 18.2 Å². The number of para-hydroxylation sites is 1. The van der Waals surface area contributed by atoms with Crippen molar-refractivity contribution < 1.29 is 9.13 Å². The molecule has 21 heavy (non-hydrogen) atoms. The molecule has 2 aromatic carbocycles. The van der Waals surface area contributed by atoms with E-state index in [4.69, 9.17) is 4.74 Å². The highest BCUT2D eigenvalue weighted by Gasteiger charge is 2.22. The van der Waals surface area contributed by atoms with E-state index in [1.165, 1.54) is 17.2 Å². The van der Waals surface area contributed by atoms with Gasteiger partial charge in [0.05, 0.1) is 18.8 Å². The molecule has 0 bridgehead atoms. The smallest absolute Gasteiger partial charge is 0.146 e. The highest BCUT2D eigenvalue weighted by Crippen LogP contribution is 2.35. The minimum absolute atomic E-state index is 0.138. The van der Waals surface area contributed by atoms with E-state index in [1.807, 2.05) is 19.1 Å². The second-order valence-corrected chi connectivity index (χ2v) is 5.59. The zero-order valence-electron chi connectivity index (χ0n) is 12.4. The van der Waals surface area contributed by atoms with Crippen LogP contribution in [0.5, 0.6) is 5.75 Å². The van der Waals surface area contributed by atoms with Crippen LogP contribution in [0.15, 0.2) is 36.4 Å². The minimum atomic E-state index is -0.190. The monoisotopic (exact) mass is 285 g/mol. The molecule has 0 heterocycles. The van der Waals surface area contributed by atoms with Gasteiger partial charge < -0.3 is 10.1 Å². The van der Waals surface area contributed by atoms with Gasteiger partial charge in [0.25, 0.3) is 0 Å². The number of hydrogen-bond donors (Lipinski definition) is 1. The molecule has 1 atom stereocenters. The van der Waals surface area contributed by atoms with Crippen LogP contribution in [0, 0.1) is 12.7 Å². The first-order valence-corrected chi connectivity index (χ1v) is 7.37. The number of ether oxygens (including phenoxy) is 1. The lowest BCUT2D eigenvalue weighted by atomic mass is 9.87. The van der Waals surface area contributed by atoms with E-state index in [-0.39, 0.29) is 11.9 Å². The molecule has 0 fully saturated rings. The van der Waals surface area contributed by atoms with Crippen molar-refractivity contribution in [3.05, 3.63) is 58.9 Å². The number of hydrogen-bond acceptors (Lipinski definition) is 2. The van der Waals surface area contributed by atoms with Crippen LogP contribution in [-0.2, 0) is 6.42 Å². The fourth-order valence-electron chi connectivity index (χ4n) is 3.04. The molecule has 0 aliphatic heterocycles. The van der Waals surface area contributed by atoms with Gasteiger partial charge in [0, 0.05) is 0 Å². The number of benzene rings is 2. The maximum atomic E-state index is 14.0. The molecule has 2 aromatic rings.